The standard InChI is InChI=1S/C22H22N4O5/c1-24-19-18(20(28)25(2)22(24)29)26(21(23-19)31-17-11-7-4-8-12-17)13-15(27)14-30-16-9-5-3-6-10-16/h3-12,15,27H,13-14H2,1-2H3. The molecule has 2 heterocycles. The van der Waals surface area contributed by atoms with Crippen molar-refractivity contribution in [3.05, 3.63) is 81.5 Å². The molecule has 0 radical (unpaired) electrons. The van der Waals surface area contributed by atoms with Crippen LogP contribution in [0.15, 0.2) is 70.3 Å². The van der Waals surface area contributed by atoms with Gasteiger partial charge in [0.15, 0.2) is 11.2 Å². The first-order valence-corrected chi connectivity index (χ1v) is 9.70. The number of fused-ring (bicyclic) bond motifs is 1. The largest absolute Gasteiger partial charge is 0.491 e. The van der Waals surface area contributed by atoms with Gasteiger partial charge in [0.1, 0.15) is 24.2 Å². The molecule has 1 N–H and O–H groups in total. The molecule has 4 rings (SSSR count). The Bertz CT molecular complexity index is 1310. The molecule has 160 valence electrons. The van der Waals surface area contributed by atoms with Crippen LogP contribution >= 0.6 is 0 Å². The maximum Gasteiger partial charge on any atom is 0.332 e. The topological polar surface area (TPSA) is 101 Å². The van der Waals surface area contributed by atoms with Gasteiger partial charge in [-0.15, -0.1) is 0 Å². The van der Waals surface area contributed by atoms with E-state index in [1.165, 1.54) is 23.2 Å². The van der Waals surface area contributed by atoms with Crippen LogP contribution in [0.4, 0.5) is 0 Å². The summed E-state index contributed by atoms with van der Waals surface area (Å²) in [7, 11) is 2.93. The van der Waals surface area contributed by atoms with Gasteiger partial charge in [-0.25, -0.2) is 4.79 Å². The molecule has 0 amide bonds. The quantitative estimate of drug-likeness (QED) is 0.486. The van der Waals surface area contributed by atoms with Crippen molar-refractivity contribution < 1.29 is 14.6 Å². The van der Waals surface area contributed by atoms with Gasteiger partial charge in [0.05, 0.1) is 6.54 Å². The second-order valence-electron chi connectivity index (χ2n) is 7.08. The van der Waals surface area contributed by atoms with Gasteiger partial charge >= 0.3 is 11.7 Å². The highest BCUT2D eigenvalue weighted by molar-refractivity contribution is 5.72. The van der Waals surface area contributed by atoms with Gasteiger partial charge in [0, 0.05) is 14.1 Å². The molecule has 31 heavy (non-hydrogen) atoms. The number of hydrogen-bond acceptors (Lipinski definition) is 6. The van der Waals surface area contributed by atoms with Crippen molar-refractivity contribution in [1.29, 1.82) is 0 Å². The normalized spacial score (nSPS) is 12.1. The maximum atomic E-state index is 12.9. The molecule has 2 aromatic carbocycles. The highest BCUT2D eigenvalue weighted by Crippen LogP contribution is 2.24. The minimum absolute atomic E-state index is 0.000539. The summed E-state index contributed by atoms with van der Waals surface area (Å²) >= 11 is 0. The number of imidazole rings is 1. The van der Waals surface area contributed by atoms with E-state index < -0.39 is 17.4 Å². The minimum atomic E-state index is -0.960. The monoisotopic (exact) mass is 422 g/mol. The Hall–Kier alpha value is -3.85. The van der Waals surface area contributed by atoms with E-state index >= 15 is 0 Å². The molecule has 0 aliphatic carbocycles. The van der Waals surface area contributed by atoms with Crippen LogP contribution in [-0.2, 0) is 20.6 Å². The average molecular weight is 422 g/mol. The van der Waals surface area contributed by atoms with Crippen LogP contribution in [0.1, 0.15) is 0 Å². The molecule has 0 fully saturated rings. The molecule has 1 atom stereocenters. The second kappa shape index (κ2) is 8.49. The van der Waals surface area contributed by atoms with Gasteiger partial charge in [0.25, 0.3) is 5.56 Å². The van der Waals surface area contributed by atoms with E-state index in [1.54, 1.807) is 36.4 Å². The second-order valence-corrected chi connectivity index (χ2v) is 7.08. The van der Waals surface area contributed by atoms with E-state index in [0.29, 0.717) is 11.5 Å². The molecular weight excluding hydrogens is 400 g/mol. The van der Waals surface area contributed by atoms with Crippen molar-refractivity contribution in [3.8, 4) is 17.5 Å². The van der Waals surface area contributed by atoms with Crippen LogP contribution in [0.5, 0.6) is 17.5 Å². The molecule has 0 bridgehead atoms. The van der Waals surface area contributed by atoms with Crippen molar-refractivity contribution in [1.82, 2.24) is 18.7 Å². The smallest absolute Gasteiger partial charge is 0.332 e. The Morgan fingerprint density at radius 3 is 2.19 bits per heavy atom. The summed E-state index contributed by atoms with van der Waals surface area (Å²) in [4.78, 5) is 29.6. The fourth-order valence-electron chi connectivity index (χ4n) is 3.24. The predicted octanol–water partition coefficient (Wildman–Crippen LogP) is 1.67. The van der Waals surface area contributed by atoms with Gasteiger partial charge in [-0.3, -0.25) is 18.5 Å². The highest BCUT2D eigenvalue weighted by Gasteiger charge is 2.22. The van der Waals surface area contributed by atoms with E-state index in [4.69, 9.17) is 9.47 Å². The fraction of sp³-hybridized carbons (Fsp3) is 0.227. The van der Waals surface area contributed by atoms with Crippen LogP contribution in [0.3, 0.4) is 0 Å². The molecule has 0 spiro atoms. The third-order valence-electron chi connectivity index (χ3n) is 4.84. The van der Waals surface area contributed by atoms with Crippen molar-refractivity contribution in [3.63, 3.8) is 0 Å². The minimum Gasteiger partial charge on any atom is -0.491 e. The number of benzene rings is 2. The predicted molar refractivity (Wildman–Crippen MR) is 115 cm³/mol. The number of hydrogen-bond donors (Lipinski definition) is 1. The molecule has 0 aliphatic rings. The van der Waals surface area contributed by atoms with Crippen molar-refractivity contribution in [2.24, 2.45) is 14.1 Å². The number of aliphatic hydroxyl groups excluding tert-OH is 1. The summed E-state index contributed by atoms with van der Waals surface area (Å²) in [6.07, 6.45) is -0.960. The Kier molecular flexibility index (Phi) is 5.59. The summed E-state index contributed by atoms with van der Waals surface area (Å²) in [5.41, 5.74) is -0.685. The third kappa shape index (κ3) is 4.08. The lowest BCUT2D eigenvalue weighted by Gasteiger charge is -2.15. The highest BCUT2D eigenvalue weighted by atomic mass is 16.5. The van der Waals surface area contributed by atoms with Crippen LogP contribution in [0, 0.1) is 0 Å². The molecule has 0 aliphatic heterocycles. The first-order valence-electron chi connectivity index (χ1n) is 9.70. The summed E-state index contributed by atoms with van der Waals surface area (Å²) in [6, 6.07) is 18.2. The molecule has 4 aromatic rings. The van der Waals surface area contributed by atoms with E-state index in [0.717, 1.165) is 4.57 Å². The Morgan fingerprint density at radius 1 is 0.935 bits per heavy atom. The lowest BCUT2D eigenvalue weighted by atomic mass is 10.3. The zero-order chi connectivity index (χ0) is 22.0. The van der Waals surface area contributed by atoms with Crippen LogP contribution in [0.25, 0.3) is 11.2 Å². The number of para-hydroxylation sites is 2. The number of nitrogens with zero attached hydrogens (tertiary/aromatic N) is 4. The van der Waals surface area contributed by atoms with Crippen LogP contribution < -0.4 is 20.7 Å². The maximum absolute atomic E-state index is 12.9. The van der Waals surface area contributed by atoms with Crippen molar-refractivity contribution in [2.75, 3.05) is 6.61 Å². The summed E-state index contributed by atoms with van der Waals surface area (Å²) in [5, 5.41) is 10.6. The van der Waals surface area contributed by atoms with E-state index in [-0.39, 0.29) is 30.3 Å². The molecule has 2 aromatic heterocycles. The number of aryl methyl sites for hydroxylation is 1. The molecule has 0 saturated heterocycles. The van der Waals surface area contributed by atoms with Gasteiger partial charge in [-0.1, -0.05) is 36.4 Å². The van der Waals surface area contributed by atoms with Crippen molar-refractivity contribution in [2.45, 2.75) is 12.6 Å². The number of aliphatic hydroxyl groups is 1. The number of ether oxygens (including phenoxy) is 2. The zero-order valence-electron chi connectivity index (χ0n) is 17.1. The van der Waals surface area contributed by atoms with Gasteiger partial charge in [-0.05, 0) is 24.3 Å². The first-order chi connectivity index (χ1) is 15.0. The fourth-order valence-corrected chi connectivity index (χ4v) is 3.24. The Labute approximate surface area is 177 Å². The summed E-state index contributed by atoms with van der Waals surface area (Å²) < 4.78 is 15.3. The Morgan fingerprint density at radius 2 is 1.55 bits per heavy atom. The SMILES string of the molecule is Cn1c(=O)c2c(nc(Oc3ccccc3)n2CC(O)COc2ccccc2)n(C)c1=O. The number of aromatic nitrogens is 4. The van der Waals surface area contributed by atoms with Crippen LogP contribution in [0.2, 0.25) is 0 Å². The van der Waals surface area contributed by atoms with E-state index in [2.05, 4.69) is 4.98 Å². The lowest BCUT2D eigenvalue weighted by Crippen LogP contribution is -2.38. The molecular formula is C22H22N4O5. The summed E-state index contributed by atoms with van der Waals surface area (Å²) in [6.45, 7) is -0.0144. The third-order valence-corrected chi connectivity index (χ3v) is 4.84. The van der Waals surface area contributed by atoms with Gasteiger partial charge in [-0.2, -0.15) is 4.98 Å². The average Bonchev–Trinajstić information content (AvgIpc) is 3.14. The van der Waals surface area contributed by atoms with E-state index in [1.807, 2.05) is 24.3 Å². The molecule has 9 heteroatoms. The van der Waals surface area contributed by atoms with E-state index in [9.17, 15) is 14.7 Å². The van der Waals surface area contributed by atoms with Gasteiger partial charge < -0.3 is 14.6 Å². The van der Waals surface area contributed by atoms with Crippen LogP contribution in [-0.4, -0.2) is 36.5 Å². The molecule has 0 saturated carbocycles. The Balaban J connectivity index is 1.73. The number of rotatable bonds is 7. The lowest BCUT2D eigenvalue weighted by molar-refractivity contribution is 0.0915. The van der Waals surface area contributed by atoms with Gasteiger partial charge in [0.2, 0.25) is 0 Å². The molecule has 9 nitrogen and oxygen atoms in total. The zero-order valence-corrected chi connectivity index (χ0v) is 17.1. The molecule has 1 unspecified atom stereocenters. The first kappa shape index (κ1) is 20.4. The summed E-state index contributed by atoms with van der Waals surface area (Å²) in [5.74, 6) is 1.13. The van der Waals surface area contributed by atoms with Crippen molar-refractivity contribution >= 4 is 11.2 Å².